The molecule has 0 aromatic rings. The molecule has 0 saturated heterocycles. The number of hydrogen-bond donors (Lipinski definition) is 2. The summed E-state index contributed by atoms with van der Waals surface area (Å²) in [6.07, 6.45) is 7.52. The molecule has 0 heterocycles. The topological polar surface area (TPSA) is 93.7 Å². The van der Waals surface area contributed by atoms with Crippen molar-refractivity contribution in [3.8, 4) is 0 Å². The van der Waals surface area contributed by atoms with Crippen LogP contribution in [0.3, 0.4) is 0 Å². The van der Waals surface area contributed by atoms with Crippen molar-refractivity contribution in [1.29, 1.82) is 0 Å². The van der Waals surface area contributed by atoms with Crippen LogP contribution in [0.5, 0.6) is 0 Å². The molecular formula is C17H28N2O5. The molecule has 1 aliphatic rings. The van der Waals surface area contributed by atoms with Gasteiger partial charge in [0.2, 0.25) is 0 Å². The number of esters is 2. The zero-order valence-electron chi connectivity index (χ0n) is 14.7. The molecule has 1 atom stereocenters. The monoisotopic (exact) mass is 340 g/mol. The van der Waals surface area contributed by atoms with Gasteiger partial charge < -0.3 is 20.1 Å². The molecule has 1 saturated carbocycles. The summed E-state index contributed by atoms with van der Waals surface area (Å²) >= 11 is 0. The third-order valence-electron chi connectivity index (χ3n) is 4.02. The molecule has 0 radical (unpaired) electrons. The summed E-state index contributed by atoms with van der Waals surface area (Å²) in [6.45, 7) is 3.91. The third kappa shape index (κ3) is 7.99. The largest absolute Gasteiger partial charge is 0.466 e. The lowest BCUT2D eigenvalue weighted by atomic mass is 9.96. The van der Waals surface area contributed by atoms with Crippen LogP contribution in [0, 0.1) is 5.92 Å². The van der Waals surface area contributed by atoms with Crippen LogP contribution in [0.25, 0.3) is 0 Å². The Labute approximate surface area is 143 Å². The molecule has 1 rings (SSSR count). The maximum absolute atomic E-state index is 12.1. The fraction of sp³-hybridized carbons (Fsp3) is 0.706. The highest BCUT2D eigenvalue weighted by molar-refractivity contribution is 5.91. The van der Waals surface area contributed by atoms with Gasteiger partial charge in [-0.3, -0.25) is 0 Å². The summed E-state index contributed by atoms with van der Waals surface area (Å²) in [5.74, 6) is -1.18. The summed E-state index contributed by atoms with van der Waals surface area (Å²) in [7, 11) is 1.22. The number of urea groups is 1. The normalized spacial score (nSPS) is 16.7. The van der Waals surface area contributed by atoms with E-state index < -0.39 is 11.9 Å². The summed E-state index contributed by atoms with van der Waals surface area (Å²) in [5.41, 5.74) is 0. The zero-order valence-corrected chi connectivity index (χ0v) is 14.7. The van der Waals surface area contributed by atoms with E-state index >= 15 is 0 Å². The van der Waals surface area contributed by atoms with E-state index in [4.69, 9.17) is 4.74 Å². The molecule has 1 aliphatic carbocycles. The molecule has 0 aliphatic heterocycles. The van der Waals surface area contributed by atoms with Crippen molar-refractivity contribution in [3.63, 3.8) is 0 Å². The van der Waals surface area contributed by atoms with E-state index in [1.54, 1.807) is 0 Å². The fourth-order valence-corrected chi connectivity index (χ4v) is 2.47. The van der Waals surface area contributed by atoms with Gasteiger partial charge in [0.25, 0.3) is 0 Å². The summed E-state index contributed by atoms with van der Waals surface area (Å²) < 4.78 is 9.47. The van der Waals surface area contributed by atoms with Gasteiger partial charge in [0.05, 0.1) is 13.2 Å². The molecule has 7 nitrogen and oxygen atoms in total. The van der Waals surface area contributed by atoms with Gasteiger partial charge in [-0.15, -0.1) is 0 Å². The number of methoxy groups -OCH3 is 1. The third-order valence-corrected chi connectivity index (χ3v) is 4.02. The first kappa shape index (κ1) is 20.0. The van der Waals surface area contributed by atoms with Gasteiger partial charge in [-0.2, -0.15) is 0 Å². The predicted octanol–water partition coefficient (Wildman–Crippen LogP) is 1.92. The van der Waals surface area contributed by atoms with Crippen molar-refractivity contribution in [3.05, 3.63) is 12.2 Å². The van der Waals surface area contributed by atoms with E-state index in [1.807, 2.05) is 13.8 Å². The van der Waals surface area contributed by atoms with Gasteiger partial charge >= 0.3 is 18.0 Å². The highest BCUT2D eigenvalue weighted by Crippen LogP contribution is 2.17. The van der Waals surface area contributed by atoms with Crippen LogP contribution in [0.1, 0.15) is 46.0 Å². The molecule has 2 amide bonds. The number of carbonyl (C=O) groups is 3. The lowest BCUT2D eigenvalue weighted by Crippen LogP contribution is -2.50. The van der Waals surface area contributed by atoms with Crippen LogP contribution in [0.2, 0.25) is 0 Å². The standard InChI is InChI=1S/C17H28N2O5/c1-12(2)14(11-24-16(21)10-9-15(20)23-3)19-17(22)18-13-7-5-4-6-8-13/h9-10,12-14H,4-8,11H2,1-3H3,(H2,18,19,22)/b10-9+/t14-/m1/s1. The number of nitrogens with one attached hydrogen (secondary N) is 2. The number of rotatable bonds is 7. The Balaban J connectivity index is 2.40. The number of ether oxygens (including phenoxy) is 2. The molecule has 0 bridgehead atoms. The second-order valence-electron chi connectivity index (χ2n) is 6.29. The van der Waals surface area contributed by atoms with Gasteiger partial charge in [0.1, 0.15) is 6.61 Å². The maximum Gasteiger partial charge on any atom is 0.331 e. The van der Waals surface area contributed by atoms with Crippen molar-refractivity contribution < 1.29 is 23.9 Å². The van der Waals surface area contributed by atoms with Crippen molar-refractivity contribution in [2.45, 2.75) is 58.0 Å². The highest BCUT2D eigenvalue weighted by Gasteiger charge is 2.21. The fourth-order valence-electron chi connectivity index (χ4n) is 2.47. The van der Waals surface area contributed by atoms with Gasteiger partial charge in [0, 0.05) is 18.2 Å². The van der Waals surface area contributed by atoms with Gasteiger partial charge in [0.15, 0.2) is 0 Å². The van der Waals surface area contributed by atoms with E-state index in [0.29, 0.717) is 0 Å². The quantitative estimate of drug-likeness (QED) is 0.545. The lowest BCUT2D eigenvalue weighted by molar-refractivity contribution is -0.140. The van der Waals surface area contributed by atoms with Crippen molar-refractivity contribution in [1.82, 2.24) is 10.6 Å². The molecule has 7 heteroatoms. The number of hydrogen-bond acceptors (Lipinski definition) is 5. The van der Waals surface area contributed by atoms with E-state index in [-0.39, 0.29) is 30.6 Å². The SMILES string of the molecule is COC(=O)/C=C/C(=O)OC[C@@H](NC(=O)NC1CCCCC1)C(C)C. The maximum atomic E-state index is 12.1. The Bertz CT molecular complexity index is 456. The van der Waals surface area contributed by atoms with Crippen molar-refractivity contribution in [2.75, 3.05) is 13.7 Å². The Morgan fingerprint density at radius 2 is 1.71 bits per heavy atom. The van der Waals surface area contributed by atoms with E-state index in [0.717, 1.165) is 37.8 Å². The second-order valence-corrected chi connectivity index (χ2v) is 6.29. The molecule has 0 unspecified atom stereocenters. The summed E-state index contributed by atoms with van der Waals surface area (Å²) in [5, 5.41) is 5.83. The number of amides is 2. The minimum absolute atomic E-state index is 0.0418. The van der Waals surface area contributed by atoms with Crippen LogP contribution in [-0.2, 0) is 19.1 Å². The van der Waals surface area contributed by atoms with Crippen LogP contribution >= 0.6 is 0 Å². The first-order valence-corrected chi connectivity index (χ1v) is 8.42. The number of carbonyl (C=O) groups excluding carboxylic acids is 3. The van der Waals surface area contributed by atoms with E-state index in [9.17, 15) is 14.4 Å². The molecular weight excluding hydrogens is 312 g/mol. The Hall–Kier alpha value is -2.05. The first-order valence-electron chi connectivity index (χ1n) is 8.42. The zero-order chi connectivity index (χ0) is 17.9. The molecule has 136 valence electrons. The average molecular weight is 340 g/mol. The molecule has 0 aromatic heterocycles. The Morgan fingerprint density at radius 3 is 2.29 bits per heavy atom. The van der Waals surface area contributed by atoms with E-state index in [1.165, 1.54) is 13.5 Å². The van der Waals surface area contributed by atoms with Crippen LogP contribution < -0.4 is 10.6 Å². The minimum Gasteiger partial charge on any atom is -0.466 e. The molecule has 2 N–H and O–H groups in total. The summed E-state index contributed by atoms with van der Waals surface area (Å²) in [4.78, 5) is 34.5. The van der Waals surface area contributed by atoms with Gasteiger partial charge in [-0.25, -0.2) is 14.4 Å². The lowest BCUT2D eigenvalue weighted by Gasteiger charge is -2.26. The molecule has 1 fully saturated rings. The van der Waals surface area contributed by atoms with Crippen LogP contribution in [0.15, 0.2) is 12.2 Å². The van der Waals surface area contributed by atoms with Crippen molar-refractivity contribution in [2.24, 2.45) is 5.92 Å². The second kappa shape index (κ2) is 10.7. The Morgan fingerprint density at radius 1 is 1.08 bits per heavy atom. The van der Waals surface area contributed by atoms with Gasteiger partial charge in [-0.05, 0) is 18.8 Å². The molecule has 24 heavy (non-hydrogen) atoms. The van der Waals surface area contributed by atoms with Crippen LogP contribution in [-0.4, -0.2) is 43.8 Å². The van der Waals surface area contributed by atoms with Gasteiger partial charge in [-0.1, -0.05) is 33.1 Å². The van der Waals surface area contributed by atoms with E-state index in [2.05, 4.69) is 15.4 Å². The summed E-state index contributed by atoms with van der Waals surface area (Å²) in [6, 6.07) is -0.317. The van der Waals surface area contributed by atoms with Crippen LogP contribution in [0.4, 0.5) is 4.79 Å². The van der Waals surface area contributed by atoms with Crippen molar-refractivity contribution >= 4 is 18.0 Å². The molecule has 0 spiro atoms. The Kier molecular flexibility index (Phi) is 8.89. The minimum atomic E-state index is -0.652. The molecule has 0 aromatic carbocycles. The first-order chi connectivity index (χ1) is 11.4. The predicted molar refractivity (Wildman–Crippen MR) is 89.3 cm³/mol. The average Bonchev–Trinajstić information content (AvgIpc) is 2.56. The smallest absolute Gasteiger partial charge is 0.331 e. The highest BCUT2D eigenvalue weighted by atomic mass is 16.5.